The fourth-order valence-corrected chi connectivity index (χ4v) is 4.11. The van der Waals surface area contributed by atoms with E-state index in [2.05, 4.69) is 41.1 Å². The Morgan fingerprint density at radius 3 is 2.16 bits per heavy atom. The summed E-state index contributed by atoms with van der Waals surface area (Å²) in [6.07, 6.45) is 2.86. The first kappa shape index (κ1) is 26.6. The maximum atomic E-state index is 5.41. The van der Waals surface area contributed by atoms with Gasteiger partial charge in [0.1, 0.15) is 0 Å². The average Bonchev–Trinajstić information content (AvgIpc) is 2.61. The molecule has 0 heterocycles. The highest BCUT2D eigenvalue weighted by atomic mass is 35.5. The maximum absolute atomic E-state index is 5.41. The van der Waals surface area contributed by atoms with Crippen LogP contribution in [0.5, 0.6) is 0 Å². The molecule has 0 fully saturated rings. The number of benzene rings is 1. The predicted octanol–water partition coefficient (Wildman–Crippen LogP) is 3.33. The minimum Gasteiger partial charge on any atom is -0.377 e. The van der Waals surface area contributed by atoms with Gasteiger partial charge in [-0.2, -0.15) is 0 Å². The summed E-state index contributed by atoms with van der Waals surface area (Å²) in [5, 5.41) is 3.45. The second-order valence-electron chi connectivity index (χ2n) is 5.29. The van der Waals surface area contributed by atoms with Crippen molar-refractivity contribution in [3.63, 3.8) is 0 Å². The van der Waals surface area contributed by atoms with Crippen LogP contribution in [0.4, 0.5) is 0 Å². The van der Waals surface area contributed by atoms with Crippen molar-refractivity contribution < 1.29 is 13.3 Å². The molecule has 25 heavy (non-hydrogen) atoms. The Bertz CT molecular complexity index is 429. The van der Waals surface area contributed by atoms with Crippen molar-refractivity contribution in [2.45, 2.75) is 19.0 Å². The first-order chi connectivity index (χ1) is 11.2. The summed E-state index contributed by atoms with van der Waals surface area (Å²) in [5.74, 6) is 0. The van der Waals surface area contributed by atoms with Gasteiger partial charge in [-0.25, -0.2) is 0 Å². The number of hydrogen-bond donors (Lipinski definition) is 1. The Hall–Kier alpha value is -0.603. The Balaban J connectivity index is 0. The monoisotopic (exact) mass is 410 g/mol. The van der Waals surface area contributed by atoms with Crippen LogP contribution in [0.1, 0.15) is 12.0 Å². The smallest absolute Gasteiger partial charge is 0.377 e. The zero-order chi connectivity index (χ0) is 17.0. The van der Waals surface area contributed by atoms with Crippen molar-refractivity contribution in [2.24, 2.45) is 0 Å². The molecule has 0 aliphatic rings. The van der Waals surface area contributed by atoms with Crippen molar-refractivity contribution in [3.8, 4) is 0 Å². The Morgan fingerprint density at radius 1 is 1.04 bits per heavy atom. The molecule has 1 rings (SSSR count). The Labute approximate surface area is 165 Å². The van der Waals surface area contributed by atoms with E-state index in [4.69, 9.17) is 13.3 Å². The molecule has 1 aromatic rings. The Morgan fingerprint density at radius 2 is 1.64 bits per heavy atom. The van der Waals surface area contributed by atoms with E-state index < -0.39 is 8.80 Å². The molecule has 0 aromatic heterocycles. The van der Waals surface area contributed by atoms with Gasteiger partial charge in [-0.05, 0) is 24.7 Å². The van der Waals surface area contributed by atoms with E-state index in [1.165, 1.54) is 5.56 Å². The third-order valence-corrected chi connectivity index (χ3v) is 6.66. The molecule has 5 nitrogen and oxygen atoms in total. The number of hydrogen-bond acceptors (Lipinski definition) is 5. The molecule has 1 aromatic carbocycles. The first-order valence-electron chi connectivity index (χ1n) is 7.96. The lowest BCUT2D eigenvalue weighted by Gasteiger charge is -2.24. The highest BCUT2D eigenvalue weighted by Crippen LogP contribution is 2.14. The topological polar surface area (TPSA) is 43.0 Å². The van der Waals surface area contributed by atoms with Crippen LogP contribution in [-0.2, 0) is 19.8 Å². The third kappa shape index (κ3) is 10.2. The van der Waals surface area contributed by atoms with Gasteiger partial charge in [0.2, 0.25) is 0 Å². The number of halogens is 2. The van der Waals surface area contributed by atoms with E-state index in [1.54, 1.807) is 21.3 Å². The van der Waals surface area contributed by atoms with E-state index >= 15 is 0 Å². The highest BCUT2D eigenvalue weighted by Gasteiger charge is 2.36. The maximum Gasteiger partial charge on any atom is 0.500 e. The molecule has 0 radical (unpaired) electrons. The number of nitrogens with one attached hydrogen (secondary N) is 1. The average molecular weight is 411 g/mol. The van der Waals surface area contributed by atoms with Gasteiger partial charge in [0.05, 0.1) is 0 Å². The van der Waals surface area contributed by atoms with E-state index in [-0.39, 0.29) is 24.8 Å². The van der Waals surface area contributed by atoms with Gasteiger partial charge in [-0.3, -0.25) is 0 Å². The van der Waals surface area contributed by atoms with Gasteiger partial charge < -0.3 is 23.5 Å². The van der Waals surface area contributed by atoms with Gasteiger partial charge in [-0.15, -0.1) is 24.8 Å². The number of rotatable bonds is 13. The van der Waals surface area contributed by atoms with Crippen molar-refractivity contribution >= 4 is 33.6 Å². The molecule has 0 bridgehead atoms. The lowest BCUT2D eigenvalue weighted by Crippen LogP contribution is -2.43. The molecule has 0 spiro atoms. The molecule has 1 N–H and O–H groups in total. The van der Waals surface area contributed by atoms with Gasteiger partial charge in [0, 0.05) is 47.0 Å². The SMILES string of the molecule is C=CN(CCNCCC[Si](OC)(OC)OC)Cc1ccccc1.Cl.Cl. The fraction of sp³-hybridized carbons (Fsp3) is 0.529. The van der Waals surface area contributed by atoms with Crippen LogP contribution in [0.3, 0.4) is 0 Å². The van der Waals surface area contributed by atoms with Crippen molar-refractivity contribution in [1.29, 1.82) is 0 Å². The zero-order valence-corrected chi connectivity index (χ0v) is 18.0. The molecule has 0 aliphatic carbocycles. The van der Waals surface area contributed by atoms with Gasteiger partial charge >= 0.3 is 8.80 Å². The van der Waals surface area contributed by atoms with Crippen LogP contribution in [0.15, 0.2) is 43.1 Å². The highest BCUT2D eigenvalue weighted by molar-refractivity contribution is 6.60. The second-order valence-corrected chi connectivity index (χ2v) is 8.38. The molecule has 0 saturated carbocycles. The van der Waals surface area contributed by atoms with Crippen LogP contribution >= 0.6 is 24.8 Å². The van der Waals surface area contributed by atoms with Crippen LogP contribution < -0.4 is 5.32 Å². The molecule has 0 aliphatic heterocycles. The van der Waals surface area contributed by atoms with Gasteiger partial charge in [0.25, 0.3) is 0 Å². The molecular weight excluding hydrogens is 379 g/mol. The Kier molecular flexibility index (Phi) is 16.7. The zero-order valence-electron chi connectivity index (χ0n) is 15.4. The van der Waals surface area contributed by atoms with Gasteiger partial charge in [-0.1, -0.05) is 36.9 Å². The van der Waals surface area contributed by atoms with E-state index in [1.807, 2.05) is 12.3 Å². The lowest BCUT2D eigenvalue weighted by atomic mass is 10.2. The lowest BCUT2D eigenvalue weighted by molar-refractivity contribution is 0.123. The van der Waals surface area contributed by atoms with Crippen molar-refractivity contribution in [1.82, 2.24) is 10.2 Å². The summed E-state index contributed by atoms with van der Waals surface area (Å²) < 4.78 is 16.2. The first-order valence-corrected chi connectivity index (χ1v) is 9.89. The molecule has 0 saturated heterocycles. The normalized spacial score (nSPS) is 10.5. The van der Waals surface area contributed by atoms with Crippen LogP contribution in [0.25, 0.3) is 0 Å². The summed E-state index contributed by atoms with van der Waals surface area (Å²) in [6.45, 7) is 7.55. The quantitative estimate of drug-likeness (QED) is 0.398. The molecule has 0 unspecified atom stereocenters. The fourth-order valence-electron chi connectivity index (χ4n) is 2.39. The van der Waals surface area contributed by atoms with E-state index in [0.717, 1.165) is 38.6 Å². The third-order valence-electron chi connectivity index (χ3n) is 3.83. The molecule has 146 valence electrons. The second kappa shape index (κ2) is 15.6. The van der Waals surface area contributed by atoms with E-state index in [9.17, 15) is 0 Å². The minimum atomic E-state index is -2.42. The minimum absolute atomic E-state index is 0. The van der Waals surface area contributed by atoms with Crippen molar-refractivity contribution in [2.75, 3.05) is 41.0 Å². The molecule has 8 heteroatoms. The van der Waals surface area contributed by atoms with Gasteiger partial charge in [0.15, 0.2) is 0 Å². The standard InChI is InChI=1S/C17H30N2O3Si.2ClH/c1-5-19(16-17-10-7-6-8-11-17)14-13-18-12-9-15-23(20-2,21-3)22-4;;/h5-8,10-11,18H,1,9,12-16H2,2-4H3;2*1H. The summed E-state index contributed by atoms with van der Waals surface area (Å²) >= 11 is 0. The predicted molar refractivity (Wildman–Crippen MR) is 111 cm³/mol. The van der Waals surface area contributed by atoms with Crippen LogP contribution in [0, 0.1) is 0 Å². The largest absolute Gasteiger partial charge is 0.500 e. The summed E-state index contributed by atoms with van der Waals surface area (Å²) in [6, 6.07) is 11.2. The summed E-state index contributed by atoms with van der Waals surface area (Å²) in [4.78, 5) is 2.21. The van der Waals surface area contributed by atoms with Crippen molar-refractivity contribution in [3.05, 3.63) is 48.7 Å². The summed E-state index contributed by atoms with van der Waals surface area (Å²) in [7, 11) is 2.53. The molecule has 0 atom stereocenters. The van der Waals surface area contributed by atoms with Crippen LogP contribution in [-0.4, -0.2) is 54.7 Å². The molecule has 0 amide bonds. The summed E-state index contributed by atoms with van der Waals surface area (Å²) in [5.41, 5.74) is 1.29. The number of nitrogens with zero attached hydrogens (tertiary/aromatic N) is 1. The molecular formula is C17H32Cl2N2O3Si. The van der Waals surface area contributed by atoms with E-state index in [0.29, 0.717) is 0 Å². The van der Waals surface area contributed by atoms with Crippen LogP contribution in [0.2, 0.25) is 6.04 Å².